The van der Waals surface area contributed by atoms with Gasteiger partial charge in [-0.05, 0) is 24.8 Å². The second-order valence-corrected chi connectivity index (χ2v) is 4.16. The Morgan fingerprint density at radius 2 is 2.20 bits per heavy atom. The number of piperidine rings is 1. The van der Waals surface area contributed by atoms with Crippen molar-refractivity contribution in [2.75, 3.05) is 18.0 Å². The highest BCUT2D eigenvalue weighted by Gasteiger charge is 2.16. The van der Waals surface area contributed by atoms with Crippen molar-refractivity contribution >= 4 is 5.82 Å². The van der Waals surface area contributed by atoms with E-state index in [-0.39, 0.29) is 6.61 Å². The zero-order valence-corrected chi connectivity index (χ0v) is 9.06. The van der Waals surface area contributed by atoms with Crippen LogP contribution in [0, 0.1) is 5.92 Å². The number of hydrogen-bond acceptors (Lipinski definition) is 4. The fourth-order valence-electron chi connectivity index (χ4n) is 1.88. The van der Waals surface area contributed by atoms with Crippen LogP contribution in [-0.2, 0) is 6.61 Å². The van der Waals surface area contributed by atoms with Gasteiger partial charge in [0.25, 0.3) is 0 Å². The van der Waals surface area contributed by atoms with Gasteiger partial charge < -0.3 is 10.0 Å². The quantitative estimate of drug-likeness (QED) is 0.791. The maximum absolute atomic E-state index is 8.96. The maximum Gasteiger partial charge on any atom is 0.156 e. The summed E-state index contributed by atoms with van der Waals surface area (Å²) in [6.45, 7) is 4.32. The average molecular weight is 207 g/mol. The third-order valence-corrected chi connectivity index (χ3v) is 2.94. The molecular weight excluding hydrogens is 190 g/mol. The van der Waals surface area contributed by atoms with Crippen LogP contribution in [0.2, 0.25) is 0 Å². The maximum atomic E-state index is 8.96. The van der Waals surface area contributed by atoms with E-state index in [0.29, 0.717) is 5.82 Å². The molecule has 0 unspecified atom stereocenters. The Hall–Kier alpha value is -1.16. The van der Waals surface area contributed by atoms with Crippen molar-refractivity contribution in [3.8, 4) is 0 Å². The van der Waals surface area contributed by atoms with Gasteiger partial charge in [0.15, 0.2) is 5.82 Å². The van der Waals surface area contributed by atoms with Crippen molar-refractivity contribution in [2.24, 2.45) is 5.92 Å². The van der Waals surface area contributed by atoms with Gasteiger partial charge in [0, 0.05) is 19.3 Å². The van der Waals surface area contributed by atoms with Gasteiger partial charge in [-0.3, -0.25) is 0 Å². The Bertz CT molecular complexity index is 321. The van der Waals surface area contributed by atoms with E-state index in [0.717, 1.165) is 24.8 Å². The fourth-order valence-corrected chi connectivity index (χ4v) is 1.88. The summed E-state index contributed by atoms with van der Waals surface area (Å²) in [6.07, 6.45) is 4.16. The molecule has 1 aliphatic heterocycles. The third-order valence-electron chi connectivity index (χ3n) is 2.94. The van der Waals surface area contributed by atoms with Crippen LogP contribution in [0.1, 0.15) is 25.6 Å². The van der Waals surface area contributed by atoms with Crippen LogP contribution >= 0.6 is 0 Å². The van der Waals surface area contributed by atoms with Crippen molar-refractivity contribution < 1.29 is 5.11 Å². The van der Waals surface area contributed by atoms with Crippen LogP contribution in [0.5, 0.6) is 0 Å². The molecule has 1 saturated heterocycles. The summed E-state index contributed by atoms with van der Waals surface area (Å²) >= 11 is 0. The summed E-state index contributed by atoms with van der Waals surface area (Å²) in [5.41, 5.74) is 0. The van der Waals surface area contributed by atoms with E-state index in [1.165, 1.54) is 12.8 Å². The minimum atomic E-state index is -0.0852. The normalized spacial score (nSPS) is 18.1. The SMILES string of the molecule is CC1CCN(c2ccnc(CO)n2)CC1. The molecule has 0 aromatic carbocycles. The van der Waals surface area contributed by atoms with E-state index in [4.69, 9.17) is 5.11 Å². The predicted molar refractivity (Wildman–Crippen MR) is 58.6 cm³/mol. The van der Waals surface area contributed by atoms with E-state index in [2.05, 4.69) is 21.8 Å². The van der Waals surface area contributed by atoms with Crippen LogP contribution in [0.4, 0.5) is 5.82 Å². The van der Waals surface area contributed by atoms with Crippen molar-refractivity contribution in [2.45, 2.75) is 26.4 Å². The largest absolute Gasteiger partial charge is 0.388 e. The highest BCUT2D eigenvalue weighted by Crippen LogP contribution is 2.20. The number of aromatic nitrogens is 2. The Kier molecular flexibility index (Phi) is 3.16. The van der Waals surface area contributed by atoms with Crippen LogP contribution in [0.15, 0.2) is 12.3 Å². The summed E-state index contributed by atoms with van der Waals surface area (Å²) in [7, 11) is 0. The van der Waals surface area contributed by atoms with Crippen LogP contribution < -0.4 is 4.90 Å². The monoisotopic (exact) mass is 207 g/mol. The lowest BCUT2D eigenvalue weighted by Crippen LogP contribution is -2.33. The molecule has 2 rings (SSSR count). The second-order valence-electron chi connectivity index (χ2n) is 4.16. The zero-order valence-electron chi connectivity index (χ0n) is 9.06. The highest BCUT2D eigenvalue weighted by molar-refractivity contribution is 5.37. The molecule has 82 valence electrons. The zero-order chi connectivity index (χ0) is 10.7. The van der Waals surface area contributed by atoms with E-state index >= 15 is 0 Å². The van der Waals surface area contributed by atoms with Crippen molar-refractivity contribution in [1.82, 2.24) is 9.97 Å². The summed E-state index contributed by atoms with van der Waals surface area (Å²) in [5.74, 6) is 2.27. The van der Waals surface area contributed by atoms with Gasteiger partial charge in [0.1, 0.15) is 12.4 Å². The number of anilines is 1. The van der Waals surface area contributed by atoms with Crippen LogP contribution in [0.3, 0.4) is 0 Å². The summed E-state index contributed by atoms with van der Waals surface area (Å²) in [6, 6.07) is 1.91. The number of aliphatic hydroxyl groups excluding tert-OH is 1. The average Bonchev–Trinajstić information content (AvgIpc) is 2.30. The fraction of sp³-hybridized carbons (Fsp3) is 0.636. The standard InChI is InChI=1S/C11H17N3O/c1-9-3-6-14(7-4-9)11-2-5-12-10(8-15)13-11/h2,5,9,15H,3-4,6-8H2,1H3. The first-order chi connectivity index (χ1) is 7.29. The van der Waals surface area contributed by atoms with E-state index in [1.54, 1.807) is 6.20 Å². The predicted octanol–water partition coefficient (Wildman–Crippen LogP) is 1.21. The first kappa shape index (κ1) is 10.4. The molecule has 0 aliphatic carbocycles. The van der Waals surface area contributed by atoms with E-state index in [9.17, 15) is 0 Å². The molecule has 1 aliphatic rings. The molecular formula is C11H17N3O. The number of hydrogen-bond donors (Lipinski definition) is 1. The molecule has 0 saturated carbocycles. The molecule has 0 radical (unpaired) electrons. The number of aliphatic hydroxyl groups is 1. The van der Waals surface area contributed by atoms with E-state index in [1.807, 2.05) is 6.07 Å². The van der Waals surface area contributed by atoms with Gasteiger partial charge in [0.2, 0.25) is 0 Å². The lowest BCUT2D eigenvalue weighted by atomic mass is 9.99. The summed E-state index contributed by atoms with van der Waals surface area (Å²) in [5, 5.41) is 8.96. The number of rotatable bonds is 2. The van der Waals surface area contributed by atoms with Gasteiger partial charge >= 0.3 is 0 Å². The van der Waals surface area contributed by atoms with Crippen LogP contribution in [-0.4, -0.2) is 28.2 Å². The first-order valence-electron chi connectivity index (χ1n) is 5.47. The lowest BCUT2D eigenvalue weighted by molar-refractivity contribution is 0.271. The van der Waals surface area contributed by atoms with Crippen molar-refractivity contribution in [1.29, 1.82) is 0 Å². The van der Waals surface area contributed by atoms with Crippen molar-refractivity contribution in [3.63, 3.8) is 0 Å². The smallest absolute Gasteiger partial charge is 0.156 e. The highest BCUT2D eigenvalue weighted by atomic mass is 16.3. The minimum absolute atomic E-state index is 0.0852. The third kappa shape index (κ3) is 2.45. The molecule has 1 aromatic heterocycles. The summed E-state index contributed by atoms with van der Waals surface area (Å²) in [4.78, 5) is 10.5. The molecule has 0 spiro atoms. The molecule has 1 fully saturated rings. The lowest BCUT2D eigenvalue weighted by Gasteiger charge is -2.31. The Morgan fingerprint density at radius 3 is 2.87 bits per heavy atom. The Balaban J connectivity index is 2.08. The van der Waals surface area contributed by atoms with Crippen LogP contribution in [0.25, 0.3) is 0 Å². The molecule has 1 aromatic rings. The van der Waals surface area contributed by atoms with Crippen molar-refractivity contribution in [3.05, 3.63) is 18.1 Å². The molecule has 15 heavy (non-hydrogen) atoms. The topological polar surface area (TPSA) is 49.2 Å². The van der Waals surface area contributed by atoms with E-state index < -0.39 is 0 Å². The molecule has 1 N–H and O–H groups in total. The molecule has 4 nitrogen and oxygen atoms in total. The molecule has 4 heteroatoms. The molecule has 0 atom stereocenters. The van der Waals surface area contributed by atoms with Gasteiger partial charge in [-0.1, -0.05) is 6.92 Å². The Labute approximate surface area is 90.0 Å². The van der Waals surface area contributed by atoms with Gasteiger partial charge in [-0.25, -0.2) is 9.97 Å². The summed E-state index contributed by atoms with van der Waals surface area (Å²) < 4.78 is 0. The minimum Gasteiger partial charge on any atom is -0.388 e. The number of nitrogens with zero attached hydrogens (tertiary/aromatic N) is 3. The van der Waals surface area contributed by atoms with Gasteiger partial charge in [0.05, 0.1) is 0 Å². The van der Waals surface area contributed by atoms with Gasteiger partial charge in [-0.2, -0.15) is 0 Å². The first-order valence-corrected chi connectivity index (χ1v) is 5.47. The molecule has 0 amide bonds. The molecule has 2 heterocycles. The van der Waals surface area contributed by atoms with Gasteiger partial charge in [-0.15, -0.1) is 0 Å². The molecule has 0 bridgehead atoms. The second kappa shape index (κ2) is 4.57. The Morgan fingerprint density at radius 1 is 1.47 bits per heavy atom.